The first-order chi connectivity index (χ1) is 9.54. The molecule has 0 saturated carbocycles. The van der Waals surface area contributed by atoms with Gasteiger partial charge in [0.25, 0.3) is 0 Å². The van der Waals surface area contributed by atoms with E-state index in [2.05, 4.69) is 13.8 Å². The van der Waals surface area contributed by atoms with E-state index >= 15 is 0 Å². The van der Waals surface area contributed by atoms with Crippen LogP contribution in [0.5, 0.6) is 11.5 Å². The van der Waals surface area contributed by atoms with Gasteiger partial charge >= 0.3 is 8.60 Å². The third-order valence-corrected chi connectivity index (χ3v) is 3.67. The van der Waals surface area contributed by atoms with Gasteiger partial charge in [-0.25, -0.2) is 0 Å². The van der Waals surface area contributed by atoms with Crippen LogP contribution in [0.2, 0.25) is 0 Å². The lowest BCUT2D eigenvalue weighted by molar-refractivity contribution is 0.381. The Morgan fingerprint density at radius 1 is 0.850 bits per heavy atom. The molecule has 0 aliphatic heterocycles. The third kappa shape index (κ3) is 4.22. The van der Waals surface area contributed by atoms with E-state index < -0.39 is 8.60 Å². The topological polar surface area (TPSA) is 38.7 Å². The molecule has 20 heavy (non-hydrogen) atoms. The largest absolute Gasteiger partial charge is 0.460 e. The van der Waals surface area contributed by atoms with Gasteiger partial charge in [0, 0.05) is 0 Å². The lowest BCUT2D eigenvalue weighted by Gasteiger charge is -2.13. The Bertz CT molecular complexity index is 535. The monoisotopic (exact) mass is 290 g/mol. The van der Waals surface area contributed by atoms with E-state index in [0.717, 1.165) is 5.56 Å². The van der Waals surface area contributed by atoms with Crippen molar-refractivity contribution in [1.82, 2.24) is 0 Å². The van der Waals surface area contributed by atoms with Gasteiger partial charge in [0.1, 0.15) is 11.5 Å². The van der Waals surface area contributed by atoms with Gasteiger partial charge in [0.05, 0.1) is 0 Å². The van der Waals surface area contributed by atoms with Crippen molar-refractivity contribution >= 4 is 8.60 Å². The maximum atomic E-state index is 9.82. The van der Waals surface area contributed by atoms with Gasteiger partial charge < -0.3 is 13.9 Å². The highest BCUT2D eigenvalue weighted by atomic mass is 31.2. The predicted molar refractivity (Wildman–Crippen MR) is 82.1 cm³/mol. The first-order valence-corrected chi connectivity index (χ1v) is 7.69. The molecule has 1 atom stereocenters. The summed E-state index contributed by atoms with van der Waals surface area (Å²) >= 11 is 0. The van der Waals surface area contributed by atoms with E-state index in [9.17, 15) is 4.89 Å². The fourth-order valence-electron chi connectivity index (χ4n) is 1.71. The summed E-state index contributed by atoms with van der Waals surface area (Å²) in [7, 11) is -1.97. The highest BCUT2D eigenvalue weighted by Crippen LogP contribution is 2.36. The van der Waals surface area contributed by atoms with E-state index in [4.69, 9.17) is 9.05 Å². The summed E-state index contributed by atoms with van der Waals surface area (Å²) in [5.41, 5.74) is 2.38. The number of hydrogen-bond donors (Lipinski definition) is 1. The minimum atomic E-state index is -1.97. The number of rotatable bonds is 5. The standard InChI is InChI=1S/C16H19O3P/c1-12(2)14-6-10-16(11-7-14)19-20(17)18-15-8-4-13(3)5-9-15/h4-12,17H,1-3H3. The maximum absolute atomic E-state index is 9.82. The van der Waals surface area contributed by atoms with Crippen molar-refractivity contribution in [2.75, 3.05) is 0 Å². The van der Waals surface area contributed by atoms with Gasteiger partial charge in [-0.05, 0) is 42.7 Å². The van der Waals surface area contributed by atoms with Crippen molar-refractivity contribution in [2.24, 2.45) is 0 Å². The Morgan fingerprint density at radius 3 is 1.75 bits per heavy atom. The quantitative estimate of drug-likeness (QED) is 0.804. The van der Waals surface area contributed by atoms with Crippen LogP contribution in [-0.2, 0) is 0 Å². The van der Waals surface area contributed by atoms with E-state index in [0.29, 0.717) is 17.4 Å². The number of hydrogen-bond acceptors (Lipinski definition) is 3. The lowest BCUT2D eigenvalue weighted by Crippen LogP contribution is -1.95. The summed E-state index contributed by atoms with van der Waals surface area (Å²) in [4.78, 5) is 9.82. The third-order valence-electron chi connectivity index (χ3n) is 2.93. The molecule has 0 aliphatic carbocycles. The summed E-state index contributed by atoms with van der Waals surface area (Å²) in [6.45, 7) is 6.27. The zero-order valence-corrected chi connectivity index (χ0v) is 12.8. The summed E-state index contributed by atoms with van der Waals surface area (Å²) in [6, 6.07) is 15.2. The Kier molecular flexibility index (Phi) is 4.99. The lowest BCUT2D eigenvalue weighted by atomic mass is 10.0. The van der Waals surface area contributed by atoms with Gasteiger partial charge in [0.2, 0.25) is 0 Å². The van der Waals surface area contributed by atoms with Crippen molar-refractivity contribution in [3.8, 4) is 11.5 Å². The van der Waals surface area contributed by atoms with Crippen LogP contribution in [0, 0.1) is 6.92 Å². The molecule has 0 radical (unpaired) electrons. The number of aryl methyl sites for hydroxylation is 1. The summed E-state index contributed by atoms with van der Waals surface area (Å²) in [5, 5.41) is 0. The van der Waals surface area contributed by atoms with Crippen molar-refractivity contribution in [3.05, 3.63) is 59.7 Å². The van der Waals surface area contributed by atoms with Gasteiger partial charge in [-0.1, -0.05) is 43.7 Å². The van der Waals surface area contributed by atoms with Gasteiger partial charge in [-0.3, -0.25) is 0 Å². The van der Waals surface area contributed by atoms with Crippen LogP contribution >= 0.6 is 8.60 Å². The molecule has 106 valence electrons. The smallest absolute Gasteiger partial charge is 0.418 e. The maximum Gasteiger partial charge on any atom is 0.460 e. The summed E-state index contributed by atoms with van der Waals surface area (Å²) < 4.78 is 10.7. The zero-order valence-electron chi connectivity index (χ0n) is 11.9. The normalized spacial score (nSPS) is 12.2. The Balaban J connectivity index is 1.93. The van der Waals surface area contributed by atoms with Gasteiger partial charge in [0.15, 0.2) is 0 Å². The van der Waals surface area contributed by atoms with Crippen molar-refractivity contribution in [2.45, 2.75) is 26.7 Å². The summed E-state index contributed by atoms with van der Waals surface area (Å²) in [6.07, 6.45) is 0. The van der Waals surface area contributed by atoms with Crippen LogP contribution in [0.4, 0.5) is 0 Å². The molecule has 0 saturated heterocycles. The Morgan fingerprint density at radius 2 is 1.30 bits per heavy atom. The zero-order chi connectivity index (χ0) is 14.5. The molecule has 3 nitrogen and oxygen atoms in total. The molecular weight excluding hydrogens is 271 g/mol. The van der Waals surface area contributed by atoms with Crippen LogP contribution in [0.15, 0.2) is 48.5 Å². The molecule has 0 spiro atoms. The van der Waals surface area contributed by atoms with Crippen molar-refractivity contribution in [1.29, 1.82) is 0 Å². The fraction of sp³-hybridized carbons (Fsp3) is 0.250. The Labute approximate surface area is 121 Å². The molecule has 2 rings (SSSR count). The number of benzene rings is 2. The molecule has 0 aliphatic rings. The van der Waals surface area contributed by atoms with E-state index in [1.165, 1.54) is 5.56 Å². The van der Waals surface area contributed by atoms with E-state index in [1.807, 2.05) is 55.5 Å². The average Bonchev–Trinajstić information content (AvgIpc) is 2.42. The first kappa shape index (κ1) is 14.8. The second-order valence-corrected chi connectivity index (χ2v) is 5.80. The summed E-state index contributed by atoms with van der Waals surface area (Å²) in [5.74, 6) is 1.68. The highest BCUT2D eigenvalue weighted by Gasteiger charge is 2.11. The minimum Gasteiger partial charge on any atom is -0.418 e. The van der Waals surface area contributed by atoms with Crippen LogP contribution in [-0.4, -0.2) is 4.89 Å². The fourth-order valence-corrected chi connectivity index (χ4v) is 2.35. The van der Waals surface area contributed by atoms with E-state index in [-0.39, 0.29) is 0 Å². The molecule has 1 unspecified atom stereocenters. The molecule has 0 aromatic heterocycles. The average molecular weight is 290 g/mol. The molecule has 0 amide bonds. The van der Waals surface area contributed by atoms with Crippen LogP contribution < -0.4 is 9.05 Å². The first-order valence-electron chi connectivity index (χ1n) is 6.56. The van der Waals surface area contributed by atoms with Gasteiger partial charge in [-0.2, -0.15) is 0 Å². The molecule has 2 aromatic carbocycles. The molecule has 2 aromatic rings. The molecular formula is C16H19O3P. The second kappa shape index (κ2) is 6.74. The van der Waals surface area contributed by atoms with Crippen LogP contribution in [0.3, 0.4) is 0 Å². The second-order valence-electron chi connectivity index (χ2n) is 4.96. The van der Waals surface area contributed by atoms with Crippen molar-refractivity contribution < 1.29 is 13.9 Å². The highest BCUT2D eigenvalue weighted by molar-refractivity contribution is 7.41. The molecule has 0 heterocycles. The predicted octanol–water partition coefficient (Wildman–Crippen LogP) is 4.80. The minimum absolute atomic E-state index is 0.475. The SMILES string of the molecule is Cc1ccc(OP(O)Oc2ccc(C(C)C)cc2)cc1. The van der Waals surface area contributed by atoms with Crippen LogP contribution in [0.25, 0.3) is 0 Å². The van der Waals surface area contributed by atoms with Crippen LogP contribution in [0.1, 0.15) is 30.9 Å². The molecule has 0 fully saturated rings. The molecule has 0 bridgehead atoms. The van der Waals surface area contributed by atoms with E-state index in [1.54, 1.807) is 0 Å². The molecule has 1 N–H and O–H groups in total. The molecule has 4 heteroatoms. The Hall–Kier alpha value is -1.57. The van der Waals surface area contributed by atoms with Crippen molar-refractivity contribution in [3.63, 3.8) is 0 Å². The van der Waals surface area contributed by atoms with Gasteiger partial charge in [-0.15, -0.1) is 0 Å².